The quantitative estimate of drug-likeness (QED) is 0.412. The van der Waals surface area contributed by atoms with Crippen LogP contribution in [0.4, 0.5) is 23.0 Å². The van der Waals surface area contributed by atoms with Crippen LogP contribution in [0.2, 0.25) is 0 Å². The van der Waals surface area contributed by atoms with Gasteiger partial charge in [0.25, 0.3) is 23.4 Å². The second kappa shape index (κ2) is 7.75. The van der Waals surface area contributed by atoms with Crippen LogP contribution in [-0.4, -0.2) is 57.2 Å². The van der Waals surface area contributed by atoms with Crippen molar-refractivity contribution in [2.24, 2.45) is 9.98 Å². The van der Waals surface area contributed by atoms with Crippen molar-refractivity contribution in [2.45, 2.75) is 6.17 Å². The molecule has 2 aromatic carbocycles. The molecule has 1 aromatic heterocycles. The van der Waals surface area contributed by atoms with E-state index in [4.69, 9.17) is 0 Å². The highest BCUT2D eigenvalue weighted by Gasteiger charge is 2.48. The van der Waals surface area contributed by atoms with E-state index in [0.717, 1.165) is 4.90 Å². The van der Waals surface area contributed by atoms with Gasteiger partial charge in [-0.25, -0.2) is 9.98 Å². The summed E-state index contributed by atoms with van der Waals surface area (Å²) >= 11 is 0. The number of carbonyl (C=O) groups is 2. The van der Waals surface area contributed by atoms with Crippen LogP contribution in [0.25, 0.3) is 0 Å². The van der Waals surface area contributed by atoms with Gasteiger partial charge in [-0.05, 0) is 24.3 Å². The van der Waals surface area contributed by atoms with E-state index in [0.29, 0.717) is 17.2 Å². The van der Waals surface area contributed by atoms with Crippen LogP contribution in [0, 0.1) is 22.7 Å². The number of aromatic nitrogens is 2. The molecule has 6 rings (SSSR count). The highest BCUT2D eigenvalue weighted by Crippen LogP contribution is 2.41. The largest absolute Gasteiger partial charge is 0.312 e. The Hall–Kier alpha value is -5.55. The van der Waals surface area contributed by atoms with Crippen LogP contribution in [0.5, 0.6) is 0 Å². The monoisotopic (exact) mass is 472 g/mol. The van der Waals surface area contributed by atoms with Gasteiger partial charge in [0, 0.05) is 12.7 Å². The molecule has 36 heavy (non-hydrogen) atoms. The Morgan fingerprint density at radius 1 is 0.861 bits per heavy atom. The molecular weight excluding hydrogens is 458 g/mol. The minimum Gasteiger partial charge on any atom is -0.288 e. The molecule has 11 nitrogen and oxygen atoms in total. The number of para-hydroxylation sites is 2. The van der Waals surface area contributed by atoms with E-state index in [2.05, 4.69) is 20.0 Å². The van der Waals surface area contributed by atoms with Gasteiger partial charge in [0.2, 0.25) is 17.7 Å². The van der Waals surface area contributed by atoms with Crippen molar-refractivity contribution in [3.05, 3.63) is 72.1 Å². The summed E-state index contributed by atoms with van der Waals surface area (Å²) in [5.74, 6) is -0.332. The SMILES string of the molecule is CN1C(=O)c2nc3c(nc2C1=O)[N+](c1ccccc1)=C1N=C(C#N)C(C#N)=NC1N3c1ccccc1. The first-order chi connectivity index (χ1) is 17.5. The minimum absolute atomic E-state index is 0.0693. The predicted octanol–water partition coefficient (Wildman–Crippen LogP) is 2.36. The van der Waals surface area contributed by atoms with Crippen molar-refractivity contribution in [3.8, 4) is 12.1 Å². The molecule has 3 aliphatic rings. The summed E-state index contributed by atoms with van der Waals surface area (Å²) < 4.78 is 1.65. The van der Waals surface area contributed by atoms with Crippen molar-refractivity contribution < 1.29 is 9.59 Å². The zero-order chi connectivity index (χ0) is 25.0. The summed E-state index contributed by atoms with van der Waals surface area (Å²) in [5, 5.41) is 19.3. The lowest BCUT2D eigenvalue weighted by molar-refractivity contribution is 0.0689. The molecule has 1 unspecified atom stereocenters. The molecule has 0 saturated heterocycles. The van der Waals surface area contributed by atoms with Gasteiger partial charge < -0.3 is 0 Å². The fraction of sp³-hybridized carbons (Fsp3) is 0.0800. The maximum atomic E-state index is 12.8. The number of anilines is 2. The van der Waals surface area contributed by atoms with Crippen molar-refractivity contribution in [3.63, 3.8) is 0 Å². The number of imide groups is 1. The fourth-order valence-corrected chi connectivity index (χ4v) is 4.31. The second-order valence-corrected chi connectivity index (χ2v) is 8.01. The highest BCUT2D eigenvalue weighted by molar-refractivity contribution is 6.55. The van der Waals surface area contributed by atoms with Gasteiger partial charge in [-0.1, -0.05) is 46.4 Å². The number of nitriles is 2. The third-order valence-electron chi connectivity index (χ3n) is 5.98. The van der Waals surface area contributed by atoms with Gasteiger partial charge in [-0.2, -0.15) is 15.1 Å². The maximum absolute atomic E-state index is 12.8. The molecule has 1 atom stereocenters. The summed E-state index contributed by atoms with van der Waals surface area (Å²) in [6.45, 7) is 0. The molecule has 0 radical (unpaired) electrons. The molecule has 4 heterocycles. The summed E-state index contributed by atoms with van der Waals surface area (Å²) in [4.78, 5) is 46.6. The Bertz CT molecular complexity index is 1660. The van der Waals surface area contributed by atoms with Crippen LogP contribution in [0.15, 0.2) is 70.6 Å². The van der Waals surface area contributed by atoms with E-state index >= 15 is 0 Å². The van der Waals surface area contributed by atoms with Crippen LogP contribution < -0.4 is 9.48 Å². The summed E-state index contributed by atoms with van der Waals surface area (Å²) in [6, 6.07) is 22.1. The molecular formula is C25H14N9O2+. The van der Waals surface area contributed by atoms with Crippen molar-refractivity contribution >= 4 is 52.1 Å². The molecule has 2 amide bonds. The highest BCUT2D eigenvalue weighted by atomic mass is 16.2. The standard InChI is InChI=1S/C25H14N9O2/c1-32-24(35)18-19(25(32)36)31-23-22(30-18)33(14-8-4-2-5-9-14)20-21(29-17(13-27)16(12-26)28-20)34(23)15-10-6-3-7-11-15/h2-11,20H,1H3/q+1. The number of benzene rings is 2. The first-order valence-corrected chi connectivity index (χ1v) is 10.8. The Labute approximate surface area is 204 Å². The van der Waals surface area contributed by atoms with Crippen LogP contribution in [0.3, 0.4) is 0 Å². The van der Waals surface area contributed by atoms with Crippen molar-refractivity contribution in [1.82, 2.24) is 19.4 Å². The van der Waals surface area contributed by atoms with E-state index in [-0.39, 0.29) is 34.4 Å². The Morgan fingerprint density at radius 3 is 2.11 bits per heavy atom. The number of rotatable bonds is 2. The number of carbonyl (C=O) groups excluding carboxylic acids is 2. The fourth-order valence-electron chi connectivity index (χ4n) is 4.31. The van der Waals surface area contributed by atoms with E-state index in [1.807, 2.05) is 72.8 Å². The molecule has 0 bridgehead atoms. The number of aliphatic imine (C=N–C) groups is 2. The average Bonchev–Trinajstić information content (AvgIpc) is 3.13. The molecule has 0 fully saturated rings. The zero-order valence-electron chi connectivity index (χ0n) is 18.7. The lowest BCUT2D eigenvalue weighted by atomic mass is 10.1. The first-order valence-electron chi connectivity index (χ1n) is 10.8. The van der Waals surface area contributed by atoms with Crippen molar-refractivity contribution in [1.29, 1.82) is 10.5 Å². The summed E-state index contributed by atoms with van der Waals surface area (Å²) in [5.41, 5.74) is 0.869. The number of fused-ring (bicyclic) bond motifs is 3. The Kier molecular flexibility index (Phi) is 4.53. The van der Waals surface area contributed by atoms with Gasteiger partial charge in [0.1, 0.15) is 17.8 Å². The number of hydrogen-bond acceptors (Lipinski definition) is 9. The first kappa shape index (κ1) is 21.0. The van der Waals surface area contributed by atoms with Gasteiger partial charge in [0.05, 0.1) is 0 Å². The third-order valence-corrected chi connectivity index (χ3v) is 5.98. The molecule has 0 N–H and O–H groups in total. The number of hydrogen-bond donors (Lipinski definition) is 0. The molecule has 11 heteroatoms. The number of amidine groups is 1. The third kappa shape index (κ3) is 2.87. The van der Waals surface area contributed by atoms with E-state index in [1.165, 1.54) is 7.05 Å². The number of nitrogens with zero attached hydrogens (tertiary/aromatic N) is 9. The van der Waals surface area contributed by atoms with Gasteiger partial charge in [-0.3, -0.25) is 19.4 Å². The summed E-state index contributed by atoms with van der Waals surface area (Å²) in [7, 11) is 1.37. The lowest BCUT2D eigenvalue weighted by Gasteiger charge is -2.34. The molecule has 0 spiro atoms. The van der Waals surface area contributed by atoms with E-state index in [1.54, 1.807) is 9.48 Å². The Morgan fingerprint density at radius 2 is 1.47 bits per heavy atom. The molecule has 0 aliphatic carbocycles. The van der Waals surface area contributed by atoms with Gasteiger partial charge in [0.15, 0.2) is 11.4 Å². The van der Waals surface area contributed by atoms with E-state index < -0.39 is 18.0 Å². The lowest BCUT2D eigenvalue weighted by Crippen LogP contribution is -2.48. The molecule has 170 valence electrons. The normalized spacial score (nSPS) is 18.0. The average molecular weight is 472 g/mol. The topological polar surface area (TPSA) is 142 Å². The number of amides is 2. The van der Waals surface area contributed by atoms with E-state index in [9.17, 15) is 20.1 Å². The summed E-state index contributed by atoms with van der Waals surface area (Å²) in [6.07, 6.45) is -0.899. The maximum Gasteiger partial charge on any atom is 0.312 e. The van der Waals surface area contributed by atoms with Gasteiger partial charge in [-0.15, -0.1) is 0 Å². The zero-order valence-corrected chi connectivity index (χ0v) is 18.7. The van der Waals surface area contributed by atoms with Crippen LogP contribution in [0.1, 0.15) is 21.0 Å². The van der Waals surface area contributed by atoms with Crippen molar-refractivity contribution in [2.75, 3.05) is 11.9 Å². The molecule has 3 aliphatic heterocycles. The minimum atomic E-state index is -0.899. The predicted molar refractivity (Wildman–Crippen MR) is 130 cm³/mol. The van der Waals surface area contributed by atoms with Gasteiger partial charge >= 0.3 is 5.82 Å². The smallest absolute Gasteiger partial charge is 0.288 e. The van der Waals surface area contributed by atoms with Crippen LogP contribution in [-0.2, 0) is 0 Å². The molecule has 0 saturated carbocycles. The van der Waals surface area contributed by atoms with Crippen LogP contribution >= 0.6 is 0 Å². The molecule has 3 aromatic rings. The Balaban J connectivity index is 1.75. The second-order valence-electron chi connectivity index (χ2n) is 8.01.